The van der Waals surface area contributed by atoms with Crippen molar-refractivity contribution < 1.29 is 14.7 Å². The number of aliphatic hydroxyl groups is 1. The monoisotopic (exact) mass is 335 g/mol. The molecule has 2 saturated heterocycles. The molecule has 1 saturated carbocycles. The number of carbonyl (C=O) groups is 2. The van der Waals surface area contributed by atoms with E-state index < -0.39 is 11.8 Å². The third kappa shape index (κ3) is 2.44. The van der Waals surface area contributed by atoms with Crippen LogP contribution in [-0.2, 0) is 9.59 Å². The zero-order valence-electron chi connectivity index (χ0n) is 14.1. The van der Waals surface area contributed by atoms with Gasteiger partial charge in [0, 0.05) is 18.5 Å². The standard InChI is InChI=1S/C16H25N5O3/c1-8(2)7-20-14-10-5-6-17-12(10)19-21(14)16(24)11(15(20)23)13(22)18-9-3-4-9/h8-10,12,14,17,19,23H,3-7H2,1-2H3,(H,18,22). The van der Waals surface area contributed by atoms with E-state index >= 15 is 0 Å². The Balaban J connectivity index is 1.69. The van der Waals surface area contributed by atoms with Crippen molar-refractivity contribution in [2.45, 2.75) is 51.5 Å². The average molecular weight is 335 g/mol. The van der Waals surface area contributed by atoms with Gasteiger partial charge >= 0.3 is 0 Å². The van der Waals surface area contributed by atoms with Crippen molar-refractivity contribution in [2.24, 2.45) is 11.8 Å². The molecule has 0 bridgehead atoms. The molecule has 0 radical (unpaired) electrons. The Bertz CT molecular complexity index is 601. The topological polar surface area (TPSA) is 96.9 Å². The predicted octanol–water partition coefficient (Wildman–Crippen LogP) is -0.385. The fraction of sp³-hybridized carbons (Fsp3) is 0.750. The van der Waals surface area contributed by atoms with Crippen molar-refractivity contribution in [1.29, 1.82) is 0 Å². The Morgan fingerprint density at radius 2 is 2.12 bits per heavy atom. The van der Waals surface area contributed by atoms with Crippen molar-refractivity contribution in [1.82, 2.24) is 26.0 Å². The summed E-state index contributed by atoms with van der Waals surface area (Å²) in [5.74, 6) is -0.598. The maximum Gasteiger partial charge on any atom is 0.281 e. The highest BCUT2D eigenvalue weighted by Gasteiger charge is 2.54. The fourth-order valence-corrected chi connectivity index (χ4v) is 3.91. The van der Waals surface area contributed by atoms with E-state index in [0.717, 1.165) is 25.8 Å². The molecular formula is C16H25N5O3. The molecule has 4 rings (SSSR count). The lowest BCUT2D eigenvalue weighted by molar-refractivity contribution is -0.142. The van der Waals surface area contributed by atoms with Gasteiger partial charge in [-0.05, 0) is 31.7 Å². The Hall–Kier alpha value is -1.80. The van der Waals surface area contributed by atoms with Crippen LogP contribution in [0.4, 0.5) is 0 Å². The summed E-state index contributed by atoms with van der Waals surface area (Å²) >= 11 is 0. The number of hydrogen-bond acceptors (Lipinski definition) is 6. The summed E-state index contributed by atoms with van der Waals surface area (Å²) in [6.45, 7) is 5.59. The summed E-state index contributed by atoms with van der Waals surface area (Å²) in [6, 6.07) is 0.134. The summed E-state index contributed by atoms with van der Waals surface area (Å²) in [7, 11) is 0. The first-order valence-corrected chi connectivity index (χ1v) is 8.81. The van der Waals surface area contributed by atoms with E-state index in [1.807, 2.05) is 4.90 Å². The number of hydrazine groups is 1. The summed E-state index contributed by atoms with van der Waals surface area (Å²) in [5.41, 5.74) is 3.04. The van der Waals surface area contributed by atoms with Crippen LogP contribution in [-0.4, -0.2) is 58.3 Å². The van der Waals surface area contributed by atoms with Gasteiger partial charge in [-0.25, -0.2) is 10.4 Å². The molecule has 2 amide bonds. The van der Waals surface area contributed by atoms with Crippen LogP contribution in [0.25, 0.3) is 0 Å². The van der Waals surface area contributed by atoms with E-state index in [0.29, 0.717) is 12.5 Å². The molecule has 4 aliphatic rings. The quantitative estimate of drug-likeness (QED) is 0.523. The molecule has 3 fully saturated rings. The summed E-state index contributed by atoms with van der Waals surface area (Å²) in [6.07, 6.45) is 2.55. The number of nitrogens with zero attached hydrogens (tertiary/aromatic N) is 2. The van der Waals surface area contributed by atoms with Crippen LogP contribution in [0, 0.1) is 11.8 Å². The lowest BCUT2D eigenvalue weighted by Gasteiger charge is -2.42. The Morgan fingerprint density at radius 3 is 2.79 bits per heavy atom. The maximum absolute atomic E-state index is 12.9. The third-order valence-electron chi connectivity index (χ3n) is 5.14. The molecule has 0 aromatic heterocycles. The largest absolute Gasteiger partial charge is 0.494 e. The normalized spacial score (nSPS) is 32.5. The van der Waals surface area contributed by atoms with E-state index in [4.69, 9.17) is 0 Å². The van der Waals surface area contributed by atoms with Crippen LogP contribution in [0.5, 0.6) is 0 Å². The van der Waals surface area contributed by atoms with Gasteiger partial charge in [-0.2, -0.15) is 0 Å². The minimum Gasteiger partial charge on any atom is -0.494 e. The van der Waals surface area contributed by atoms with Crippen LogP contribution in [0.2, 0.25) is 0 Å². The van der Waals surface area contributed by atoms with E-state index in [9.17, 15) is 14.7 Å². The van der Waals surface area contributed by atoms with Crippen LogP contribution in [0.15, 0.2) is 11.5 Å². The Labute approximate surface area is 141 Å². The molecule has 3 atom stereocenters. The lowest BCUT2D eigenvalue weighted by atomic mass is 9.99. The number of rotatable bonds is 4. The van der Waals surface area contributed by atoms with Gasteiger partial charge in [-0.3, -0.25) is 9.59 Å². The van der Waals surface area contributed by atoms with Gasteiger partial charge in [0.15, 0.2) is 5.57 Å². The van der Waals surface area contributed by atoms with Crippen LogP contribution >= 0.6 is 0 Å². The second-order valence-corrected chi connectivity index (χ2v) is 7.59. The Morgan fingerprint density at radius 1 is 1.38 bits per heavy atom. The number of aliphatic hydroxyl groups excluding tert-OH is 1. The number of carbonyl (C=O) groups excluding carboxylic acids is 2. The third-order valence-corrected chi connectivity index (χ3v) is 5.14. The number of fused-ring (bicyclic) bond motifs is 3. The van der Waals surface area contributed by atoms with Crippen molar-refractivity contribution in [3.63, 3.8) is 0 Å². The van der Waals surface area contributed by atoms with Gasteiger partial charge in [0.25, 0.3) is 11.8 Å². The maximum atomic E-state index is 12.9. The van der Waals surface area contributed by atoms with Gasteiger partial charge in [0.2, 0.25) is 5.88 Å². The van der Waals surface area contributed by atoms with E-state index in [1.165, 1.54) is 5.01 Å². The van der Waals surface area contributed by atoms with Gasteiger partial charge in [0.1, 0.15) is 6.17 Å². The van der Waals surface area contributed by atoms with Gasteiger partial charge in [0.05, 0.1) is 6.17 Å². The highest BCUT2D eigenvalue weighted by atomic mass is 16.3. The molecule has 0 spiro atoms. The first-order chi connectivity index (χ1) is 11.5. The Kier molecular flexibility index (Phi) is 3.69. The van der Waals surface area contributed by atoms with E-state index in [-0.39, 0.29) is 35.7 Å². The second-order valence-electron chi connectivity index (χ2n) is 7.59. The molecule has 132 valence electrons. The summed E-state index contributed by atoms with van der Waals surface area (Å²) < 4.78 is 0. The van der Waals surface area contributed by atoms with Crippen LogP contribution in [0.3, 0.4) is 0 Å². The van der Waals surface area contributed by atoms with Gasteiger partial charge in [-0.15, -0.1) is 0 Å². The smallest absolute Gasteiger partial charge is 0.281 e. The molecule has 3 unspecified atom stereocenters. The minimum atomic E-state index is -0.473. The lowest BCUT2D eigenvalue weighted by Crippen LogP contribution is -2.59. The molecule has 0 aromatic rings. The van der Waals surface area contributed by atoms with Crippen molar-refractivity contribution in [2.75, 3.05) is 13.1 Å². The summed E-state index contributed by atoms with van der Waals surface area (Å²) in [4.78, 5) is 27.2. The first-order valence-electron chi connectivity index (χ1n) is 8.81. The summed E-state index contributed by atoms with van der Waals surface area (Å²) in [5, 5.41) is 18.5. The van der Waals surface area contributed by atoms with Crippen LogP contribution < -0.4 is 16.1 Å². The van der Waals surface area contributed by atoms with Gasteiger partial charge in [-0.1, -0.05) is 13.8 Å². The zero-order valence-corrected chi connectivity index (χ0v) is 14.1. The zero-order chi connectivity index (χ0) is 17.0. The second kappa shape index (κ2) is 5.63. The highest BCUT2D eigenvalue weighted by molar-refractivity contribution is 6.19. The van der Waals surface area contributed by atoms with Gasteiger partial charge < -0.3 is 20.6 Å². The molecule has 8 heteroatoms. The molecule has 4 N–H and O–H groups in total. The van der Waals surface area contributed by atoms with Crippen molar-refractivity contribution in [3.05, 3.63) is 11.5 Å². The number of nitrogens with one attached hydrogen (secondary N) is 3. The van der Waals surface area contributed by atoms with E-state index in [2.05, 4.69) is 29.9 Å². The first kappa shape index (κ1) is 15.7. The average Bonchev–Trinajstić information content (AvgIpc) is 3.07. The molecule has 3 aliphatic heterocycles. The molecular weight excluding hydrogens is 310 g/mol. The fourth-order valence-electron chi connectivity index (χ4n) is 3.91. The molecule has 8 nitrogen and oxygen atoms in total. The molecule has 24 heavy (non-hydrogen) atoms. The number of amides is 2. The number of hydrogen-bond donors (Lipinski definition) is 4. The molecule has 0 aromatic carbocycles. The van der Waals surface area contributed by atoms with Crippen molar-refractivity contribution in [3.8, 4) is 0 Å². The minimum absolute atomic E-state index is 0.00672. The molecule has 1 aliphatic carbocycles. The SMILES string of the molecule is CC(C)CN1C(O)=C(C(=O)NC2CC2)C(=O)N2NC3NCCC3C12. The van der Waals surface area contributed by atoms with E-state index in [1.54, 1.807) is 0 Å². The molecule has 3 heterocycles. The van der Waals surface area contributed by atoms with Crippen LogP contribution in [0.1, 0.15) is 33.1 Å². The predicted molar refractivity (Wildman–Crippen MR) is 86.0 cm³/mol. The van der Waals surface area contributed by atoms with Crippen molar-refractivity contribution >= 4 is 11.8 Å². The highest BCUT2D eigenvalue weighted by Crippen LogP contribution is 2.37.